The largest absolute Gasteiger partial charge is 0.493 e. The predicted octanol–water partition coefficient (Wildman–Crippen LogP) is 2.07. The third kappa shape index (κ3) is 3.09. The van der Waals surface area contributed by atoms with Gasteiger partial charge in [0.2, 0.25) is 0 Å². The minimum atomic E-state index is -5.20. The van der Waals surface area contributed by atoms with Gasteiger partial charge in [-0.1, -0.05) is 0 Å². The zero-order chi connectivity index (χ0) is 13.9. The van der Waals surface area contributed by atoms with Gasteiger partial charge in [0, 0.05) is 6.07 Å². The number of nitro benzene ring substituents is 1. The Morgan fingerprint density at radius 3 is 2.39 bits per heavy atom. The Morgan fingerprint density at radius 1 is 1.33 bits per heavy atom. The predicted molar refractivity (Wildman–Crippen MR) is 51.3 cm³/mol. The lowest BCUT2D eigenvalue weighted by atomic mass is 10.3. The maximum absolute atomic E-state index is 12.0. The number of methoxy groups -OCH3 is 1. The first-order chi connectivity index (χ1) is 8.25. The highest BCUT2D eigenvalue weighted by molar-refractivity contribution is 5.79. The van der Waals surface area contributed by atoms with Crippen LogP contribution in [0, 0.1) is 10.1 Å². The highest BCUT2D eigenvalue weighted by atomic mass is 19.4. The number of hydrogen-bond acceptors (Lipinski definition) is 5. The fourth-order valence-electron chi connectivity index (χ4n) is 1.02. The number of ether oxygens (including phenoxy) is 2. The first kappa shape index (κ1) is 13.7. The van der Waals surface area contributed by atoms with Gasteiger partial charge >= 0.3 is 12.1 Å². The Hall–Kier alpha value is -2.32. The van der Waals surface area contributed by atoms with Gasteiger partial charge in [0.05, 0.1) is 18.1 Å². The summed E-state index contributed by atoms with van der Waals surface area (Å²) < 4.78 is 44.6. The van der Waals surface area contributed by atoms with E-state index in [2.05, 4.69) is 9.47 Å². The standard InChI is InChI=1S/C9H6F3NO5/c1-17-6-3-2-5(13(15)16)4-7(6)18-8(14)9(10,11)12/h2-4H,1H3. The molecule has 0 amide bonds. The molecule has 0 aliphatic carbocycles. The summed E-state index contributed by atoms with van der Waals surface area (Å²) in [5, 5.41) is 10.4. The summed E-state index contributed by atoms with van der Waals surface area (Å²) in [5.74, 6) is -3.38. The molecule has 0 aromatic heterocycles. The molecular weight excluding hydrogens is 259 g/mol. The summed E-state index contributed by atoms with van der Waals surface area (Å²) in [4.78, 5) is 20.2. The van der Waals surface area contributed by atoms with Crippen LogP contribution >= 0.6 is 0 Å². The number of halogens is 3. The van der Waals surface area contributed by atoms with Gasteiger partial charge in [0.15, 0.2) is 11.5 Å². The number of nitrogens with zero attached hydrogens (tertiary/aromatic N) is 1. The summed E-state index contributed by atoms with van der Waals surface area (Å²) in [7, 11) is 1.12. The van der Waals surface area contributed by atoms with Crippen LogP contribution in [0.15, 0.2) is 18.2 Å². The topological polar surface area (TPSA) is 78.7 Å². The summed E-state index contributed by atoms with van der Waals surface area (Å²) in [6, 6.07) is 2.70. The third-order valence-corrected chi connectivity index (χ3v) is 1.79. The van der Waals surface area contributed by atoms with Gasteiger partial charge in [-0.15, -0.1) is 0 Å². The number of carbonyl (C=O) groups is 1. The number of hydrogen-bond donors (Lipinski definition) is 0. The molecule has 0 unspecified atom stereocenters. The van der Waals surface area contributed by atoms with Crippen molar-refractivity contribution >= 4 is 11.7 Å². The van der Waals surface area contributed by atoms with E-state index in [1.165, 1.54) is 0 Å². The minimum Gasteiger partial charge on any atom is -0.493 e. The smallest absolute Gasteiger partial charge is 0.491 e. The van der Waals surface area contributed by atoms with Crippen LogP contribution in [0.2, 0.25) is 0 Å². The first-order valence-corrected chi connectivity index (χ1v) is 4.37. The molecule has 0 heterocycles. The normalized spacial score (nSPS) is 10.9. The number of benzene rings is 1. The SMILES string of the molecule is COc1ccc([N+](=O)[O-])cc1OC(=O)C(F)(F)F. The molecule has 98 valence electrons. The van der Waals surface area contributed by atoms with Gasteiger partial charge in [-0.3, -0.25) is 10.1 Å². The molecular formula is C9H6F3NO5. The molecule has 0 saturated carbocycles. The summed E-state index contributed by atoms with van der Waals surface area (Å²) in [6.45, 7) is 0. The zero-order valence-electron chi connectivity index (χ0n) is 8.85. The van der Waals surface area contributed by atoms with Gasteiger partial charge in [-0.25, -0.2) is 4.79 Å². The van der Waals surface area contributed by atoms with E-state index >= 15 is 0 Å². The van der Waals surface area contributed by atoms with Gasteiger partial charge in [-0.2, -0.15) is 13.2 Å². The van der Waals surface area contributed by atoms with Crippen LogP contribution in [0.4, 0.5) is 18.9 Å². The van der Waals surface area contributed by atoms with Gasteiger partial charge < -0.3 is 9.47 Å². The second kappa shape index (κ2) is 4.90. The lowest BCUT2D eigenvalue weighted by Crippen LogP contribution is -2.28. The monoisotopic (exact) mass is 265 g/mol. The van der Waals surface area contributed by atoms with Crippen molar-refractivity contribution in [1.29, 1.82) is 0 Å². The van der Waals surface area contributed by atoms with Gasteiger partial charge in [-0.05, 0) is 6.07 Å². The maximum Gasteiger partial charge on any atom is 0.491 e. The van der Waals surface area contributed by atoms with E-state index < -0.39 is 28.5 Å². The molecule has 0 radical (unpaired) electrons. The number of esters is 1. The Bertz CT molecular complexity index is 486. The van der Waals surface area contributed by atoms with Crippen molar-refractivity contribution in [3.05, 3.63) is 28.3 Å². The van der Waals surface area contributed by atoms with Crippen LogP contribution in [0.3, 0.4) is 0 Å². The lowest BCUT2D eigenvalue weighted by Gasteiger charge is -2.10. The lowest BCUT2D eigenvalue weighted by molar-refractivity contribution is -0.384. The fourth-order valence-corrected chi connectivity index (χ4v) is 1.02. The molecule has 0 atom stereocenters. The Labute approximate surface area is 98.1 Å². The van der Waals surface area contributed by atoms with Crippen LogP contribution < -0.4 is 9.47 Å². The molecule has 1 rings (SSSR count). The first-order valence-electron chi connectivity index (χ1n) is 4.37. The molecule has 0 N–H and O–H groups in total. The number of rotatable bonds is 3. The molecule has 0 aliphatic heterocycles. The van der Waals surface area contributed by atoms with Crippen molar-refractivity contribution in [2.24, 2.45) is 0 Å². The van der Waals surface area contributed by atoms with Gasteiger partial charge in [0.25, 0.3) is 5.69 Å². The quantitative estimate of drug-likeness (QED) is 0.362. The van der Waals surface area contributed by atoms with Crippen LogP contribution in [-0.4, -0.2) is 24.2 Å². The van der Waals surface area contributed by atoms with Crippen molar-refractivity contribution in [3.63, 3.8) is 0 Å². The van der Waals surface area contributed by atoms with Crippen molar-refractivity contribution < 1.29 is 32.4 Å². The molecule has 18 heavy (non-hydrogen) atoms. The maximum atomic E-state index is 12.0. The van der Waals surface area contributed by atoms with Crippen molar-refractivity contribution in [1.82, 2.24) is 0 Å². The van der Waals surface area contributed by atoms with Crippen molar-refractivity contribution in [2.45, 2.75) is 6.18 Å². The van der Waals surface area contributed by atoms with Crippen LogP contribution in [0.5, 0.6) is 11.5 Å². The van der Waals surface area contributed by atoms with Crippen molar-refractivity contribution in [2.75, 3.05) is 7.11 Å². The molecule has 9 heteroatoms. The molecule has 6 nitrogen and oxygen atoms in total. The van der Waals surface area contributed by atoms with Crippen LogP contribution in [-0.2, 0) is 4.79 Å². The zero-order valence-corrected chi connectivity index (χ0v) is 8.85. The Kier molecular flexibility index (Phi) is 3.74. The Balaban J connectivity index is 3.09. The van der Waals surface area contributed by atoms with Crippen LogP contribution in [0.25, 0.3) is 0 Å². The van der Waals surface area contributed by atoms with Crippen molar-refractivity contribution in [3.8, 4) is 11.5 Å². The highest BCUT2D eigenvalue weighted by Gasteiger charge is 2.42. The minimum absolute atomic E-state index is 0.224. The molecule has 1 aromatic carbocycles. The van der Waals surface area contributed by atoms with E-state index in [0.717, 1.165) is 19.2 Å². The number of non-ortho nitro benzene ring substituents is 1. The third-order valence-electron chi connectivity index (χ3n) is 1.79. The Morgan fingerprint density at radius 2 is 1.94 bits per heavy atom. The fraction of sp³-hybridized carbons (Fsp3) is 0.222. The molecule has 1 aromatic rings. The van der Waals surface area contributed by atoms with E-state index in [4.69, 9.17) is 0 Å². The molecule has 0 fully saturated rings. The number of carbonyl (C=O) groups excluding carboxylic acids is 1. The molecule has 0 aliphatic rings. The van der Waals surface area contributed by atoms with E-state index in [9.17, 15) is 28.1 Å². The average molecular weight is 265 g/mol. The second-order valence-electron chi connectivity index (χ2n) is 2.98. The molecule has 0 saturated heterocycles. The van der Waals surface area contributed by atoms with E-state index in [0.29, 0.717) is 6.07 Å². The number of nitro groups is 1. The molecule has 0 bridgehead atoms. The average Bonchev–Trinajstić information content (AvgIpc) is 2.27. The summed E-state index contributed by atoms with van der Waals surface area (Å²) >= 11 is 0. The van der Waals surface area contributed by atoms with E-state index in [1.807, 2.05) is 0 Å². The number of alkyl halides is 3. The second-order valence-corrected chi connectivity index (χ2v) is 2.98. The molecule has 0 spiro atoms. The summed E-state index contributed by atoms with van der Waals surface area (Å²) in [6.07, 6.45) is -5.20. The van der Waals surface area contributed by atoms with E-state index in [1.54, 1.807) is 0 Å². The highest BCUT2D eigenvalue weighted by Crippen LogP contribution is 2.32. The summed E-state index contributed by atoms with van der Waals surface area (Å²) in [5.41, 5.74) is -0.527. The van der Waals surface area contributed by atoms with Crippen LogP contribution in [0.1, 0.15) is 0 Å². The van der Waals surface area contributed by atoms with Gasteiger partial charge in [0.1, 0.15) is 0 Å². The van der Waals surface area contributed by atoms with E-state index in [-0.39, 0.29) is 5.75 Å².